The van der Waals surface area contributed by atoms with Gasteiger partial charge in [-0.15, -0.1) is 10.2 Å². The highest BCUT2D eigenvalue weighted by Crippen LogP contribution is 2.12. The van der Waals surface area contributed by atoms with Gasteiger partial charge in [0, 0.05) is 11.1 Å². The molecule has 1 aliphatic heterocycles. The average Bonchev–Trinajstić information content (AvgIpc) is 2.99. The Balaban J connectivity index is 1.95. The van der Waals surface area contributed by atoms with Gasteiger partial charge in [0.2, 0.25) is 11.5 Å². The maximum Gasteiger partial charge on any atom is 0.423 e. The van der Waals surface area contributed by atoms with E-state index in [2.05, 4.69) is 15.0 Å². The lowest BCUT2D eigenvalue weighted by atomic mass is 9.98. The van der Waals surface area contributed by atoms with E-state index in [0.717, 1.165) is 5.56 Å². The molecule has 0 aromatic heterocycles. The molecule has 3 rings (SSSR count). The van der Waals surface area contributed by atoms with Crippen molar-refractivity contribution in [3.63, 3.8) is 0 Å². The standard InChI is InChI=1S/C16H11N4O/c17-18-14-13(11-7-3-1-4-8-11)19-20-15(14)16(21)12-9-5-2-6-10-12/h1-10,17H/q+1. The quantitative estimate of drug-likeness (QED) is 0.521. The zero-order chi connectivity index (χ0) is 14.7. The number of carbonyl (C=O) groups excluding carboxylic acids is 1. The van der Waals surface area contributed by atoms with Crippen molar-refractivity contribution in [2.24, 2.45) is 10.2 Å². The van der Waals surface area contributed by atoms with Gasteiger partial charge in [-0.3, -0.25) is 4.79 Å². The highest BCUT2D eigenvalue weighted by Gasteiger charge is 2.38. The van der Waals surface area contributed by atoms with Crippen molar-refractivity contribution >= 4 is 22.9 Å². The fraction of sp³-hybridized carbons (Fsp3) is 0. The molecule has 0 saturated heterocycles. The summed E-state index contributed by atoms with van der Waals surface area (Å²) >= 11 is 0. The van der Waals surface area contributed by atoms with Crippen molar-refractivity contribution in [1.82, 2.24) is 0 Å². The molecule has 21 heavy (non-hydrogen) atoms. The van der Waals surface area contributed by atoms with E-state index in [0.29, 0.717) is 11.3 Å². The summed E-state index contributed by atoms with van der Waals surface area (Å²) in [4.78, 5) is 15.9. The zero-order valence-corrected chi connectivity index (χ0v) is 11.0. The highest BCUT2D eigenvalue weighted by molar-refractivity contribution is 6.85. The molecule has 0 radical (unpaired) electrons. The topological polar surface area (TPSA) is 79.7 Å². The van der Waals surface area contributed by atoms with E-state index in [1.807, 2.05) is 36.4 Å². The van der Waals surface area contributed by atoms with Crippen molar-refractivity contribution in [2.75, 3.05) is 0 Å². The number of hydrogen-bond donors (Lipinski definition) is 1. The van der Waals surface area contributed by atoms with Crippen molar-refractivity contribution in [3.8, 4) is 0 Å². The molecule has 0 spiro atoms. The maximum absolute atomic E-state index is 12.4. The third kappa shape index (κ3) is 2.33. The Labute approximate surface area is 120 Å². The lowest BCUT2D eigenvalue weighted by molar-refractivity contribution is -0.113. The summed E-state index contributed by atoms with van der Waals surface area (Å²) in [6, 6.07) is 18.1. The molecular weight excluding hydrogens is 264 g/mol. The smallest absolute Gasteiger partial charge is 0.286 e. The lowest BCUT2D eigenvalue weighted by Gasteiger charge is -1.97. The summed E-state index contributed by atoms with van der Waals surface area (Å²) in [5.41, 5.74) is 9.38. The van der Waals surface area contributed by atoms with Gasteiger partial charge in [-0.2, -0.15) is 0 Å². The largest absolute Gasteiger partial charge is 0.423 e. The molecule has 0 unspecified atom stereocenters. The average molecular weight is 275 g/mol. The summed E-state index contributed by atoms with van der Waals surface area (Å²) in [5, 5.41) is 7.95. The predicted octanol–water partition coefficient (Wildman–Crippen LogP) is 2.41. The van der Waals surface area contributed by atoms with Crippen molar-refractivity contribution in [1.29, 1.82) is 5.53 Å². The van der Waals surface area contributed by atoms with Crippen LogP contribution in [0.5, 0.6) is 0 Å². The number of benzene rings is 2. The first-order valence-electron chi connectivity index (χ1n) is 6.37. The van der Waals surface area contributed by atoms with Gasteiger partial charge in [0.15, 0.2) is 5.71 Å². The van der Waals surface area contributed by atoms with Crippen LogP contribution in [0.4, 0.5) is 0 Å². The third-order valence-corrected chi connectivity index (χ3v) is 3.11. The Bertz CT molecular complexity index is 801. The number of nitrogens with zero attached hydrogens (tertiary/aromatic N) is 3. The Morgan fingerprint density at radius 1 is 0.905 bits per heavy atom. The molecule has 0 aliphatic carbocycles. The van der Waals surface area contributed by atoms with Gasteiger partial charge in [0.25, 0.3) is 0 Å². The molecule has 2 aromatic rings. The molecule has 0 amide bonds. The number of ketones is 1. The minimum atomic E-state index is -0.281. The molecule has 1 N–H and O–H groups in total. The summed E-state index contributed by atoms with van der Waals surface area (Å²) < 4.78 is 0. The fourth-order valence-electron chi connectivity index (χ4n) is 2.08. The second kappa shape index (κ2) is 5.45. The Kier molecular flexibility index (Phi) is 3.33. The molecule has 1 aliphatic rings. The van der Waals surface area contributed by atoms with E-state index in [1.54, 1.807) is 24.3 Å². The number of rotatable bonds is 3. The molecule has 0 saturated carbocycles. The second-order valence-electron chi connectivity index (χ2n) is 4.42. The van der Waals surface area contributed by atoms with Crippen LogP contribution < -0.4 is 0 Å². The van der Waals surface area contributed by atoms with Gasteiger partial charge >= 0.3 is 5.71 Å². The van der Waals surface area contributed by atoms with Gasteiger partial charge in [0.1, 0.15) is 0 Å². The minimum absolute atomic E-state index is 0.107. The van der Waals surface area contributed by atoms with Crippen LogP contribution in [0.3, 0.4) is 0 Å². The number of carbonyl (C=O) groups is 1. The van der Waals surface area contributed by atoms with Gasteiger partial charge in [-0.25, -0.2) is 0 Å². The molecule has 5 heteroatoms. The minimum Gasteiger partial charge on any atom is -0.286 e. The normalized spacial score (nSPS) is 13.4. The molecule has 100 valence electrons. The summed E-state index contributed by atoms with van der Waals surface area (Å²) in [7, 11) is 0. The lowest BCUT2D eigenvalue weighted by Crippen LogP contribution is -2.28. The van der Waals surface area contributed by atoms with Crippen molar-refractivity contribution in [3.05, 3.63) is 71.8 Å². The highest BCUT2D eigenvalue weighted by atomic mass is 16.1. The first-order valence-corrected chi connectivity index (χ1v) is 6.37. The van der Waals surface area contributed by atoms with Gasteiger partial charge in [0.05, 0.1) is 10.3 Å². The molecule has 0 fully saturated rings. The van der Waals surface area contributed by atoms with Crippen molar-refractivity contribution in [2.45, 2.75) is 0 Å². The van der Waals surface area contributed by atoms with E-state index < -0.39 is 0 Å². The molecule has 0 bridgehead atoms. The van der Waals surface area contributed by atoms with E-state index in [9.17, 15) is 4.79 Å². The monoisotopic (exact) mass is 275 g/mol. The van der Waals surface area contributed by atoms with Crippen LogP contribution in [-0.2, 0) is 0 Å². The van der Waals surface area contributed by atoms with Crippen LogP contribution in [0, 0.1) is 5.53 Å². The first-order chi connectivity index (χ1) is 10.3. The van der Waals surface area contributed by atoms with Crippen LogP contribution in [0.25, 0.3) is 0 Å². The van der Waals surface area contributed by atoms with Crippen LogP contribution in [0.1, 0.15) is 15.9 Å². The van der Waals surface area contributed by atoms with E-state index in [-0.39, 0.29) is 17.2 Å². The van der Waals surface area contributed by atoms with Crippen molar-refractivity contribution < 1.29 is 9.58 Å². The van der Waals surface area contributed by atoms with Crippen LogP contribution in [0.2, 0.25) is 0 Å². The number of Topliss-reactive ketones (excluding diaryl/α,β-unsaturated/α-hetero) is 1. The molecular formula is C16H11N4O+. The van der Waals surface area contributed by atoms with Crippen LogP contribution in [-0.4, -0.2) is 27.7 Å². The molecule has 2 aromatic carbocycles. The molecule has 5 nitrogen and oxygen atoms in total. The van der Waals surface area contributed by atoms with Gasteiger partial charge in [-0.1, -0.05) is 60.7 Å². The SMILES string of the molecule is N=[N+]=C1C(C(=O)c2ccccc2)=NN=C1c1ccccc1. The summed E-state index contributed by atoms with van der Waals surface area (Å²) in [6.07, 6.45) is 0. The van der Waals surface area contributed by atoms with Crippen LogP contribution >= 0.6 is 0 Å². The third-order valence-electron chi connectivity index (χ3n) is 3.11. The second-order valence-corrected chi connectivity index (χ2v) is 4.42. The number of hydrogen-bond acceptors (Lipinski definition) is 4. The Morgan fingerprint density at radius 2 is 1.52 bits per heavy atom. The van der Waals surface area contributed by atoms with Gasteiger partial charge in [-0.05, 0) is 0 Å². The maximum atomic E-state index is 12.4. The Hall–Kier alpha value is -3.17. The van der Waals surface area contributed by atoms with E-state index in [4.69, 9.17) is 5.53 Å². The fourth-order valence-corrected chi connectivity index (χ4v) is 2.08. The van der Waals surface area contributed by atoms with Gasteiger partial charge < -0.3 is 0 Å². The Morgan fingerprint density at radius 3 is 2.14 bits per heavy atom. The zero-order valence-electron chi connectivity index (χ0n) is 11.0. The molecule has 0 atom stereocenters. The summed E-state index contributed by atoms with van der Waals surface area (Å²) in [5.74, 6) is -0.281. The van der Waals surface area contributed by atoms with Crippen LogP contribution in [0.15, 0.2) is 70.9 Å². The number of nitrogens with one attached hydrogen (secondary N) is 1. The first kappa shape index (κ1) is 12.8. The summed E-state index contributed by atoms with van der Waals surface area (Å²) in [6.45, 7) is 0. The predicted molar refractivity (Wildman–Crippen MR) is 79.2 cm³/mol. The van der Waals surface area contributed by atoms with E-state index in [1.165, 1.54) is 0 Å². The molecule has 1 heterocycles. The van der Waals surface area contributed by atoms with E-state index >= 15 is 0 Å².